The molecule has 7 nitrogen and oxygen atoms in total. The van der Waals surface area contributed by atoms with Crippen molar-refractivity contribution in [3.63, 3.8) is 0 Å². The van der Waals surface area contributed by atoms with Gasteiger partial charge in [0.25, 0.3) is 0 Å². The minimum absolute atomic E-state index is 0. The van der Waals surface area contributed by atoms with Crippen LogP contribution < -0.4 is 10.2 Å². The maximum atomic E-state index is 6.02. The monoisotopic (exact) mass is 530 g/mol. The second kappa shape index (κ2) is 14.8. The summed E-state index contributed by atoms with van der Waals surface area (Å²) in [6.07, 6.45) is 14.2. The van der Waals surface area contributed by atoms with E-state index < -0.39 is 0 Å². The number of ether oxygens (including phenoxy) is 1. The van der Waals surface area contributed by atoms with Crippen molar-refractivity contribution >= 4 is 35.9 Å². The number of hydrogen-bond donors (Lipinski definition) is 1. The van der Waals surface area contributed by atoms with Gasteiger partial charge < -0.3 is 19.9 Å². The van der Waals surface area contributed by atoms with E-state index in [9.17, 15) is 0 Å². The maximum absolute atomic E-state index is 6.02. The number of aromatic nitrogens is 2. The quantitative estimate of drug-likeness (QED) is 0.227. The molecule has 1 aromatic rings. The number of aliphatic imine (C=N–C) groups is 1. The molecule has 1 aliphatic heterocycles. The molecule has 3 rings (SSSR count). The fourth-order valence-corrected chi connectivity index (χ4v) is 4.06. The number of anilines is 1. The number of halogens is 1. The Labute approximate surface area is 199 Å². The minimum atomic E-state index is 0. The van der Waals surface area contributed by atoms with Gasteiger partial charge >= 0.3 is 0 Å². The average molecular weight is 530 g/mol. The maximum Gasteiger partial charge on any atom is 0.225 e. The van der Waals surface area contributed by atoms with Crippen LogP contribution >= 0.6 is 24.0 Å². The first kappa shape index (κ1) is 25.1. The van der Waals surface area contributed by atoms with Crippen LogP contribution in [0.25, 0.3) is 0 Å². The molecule has 30 heavy (non-hydrogen) atoms. The lowest BCUT2D eigenvalue weighted by molar-refractivity contribution is 0.0264. The summed E-state index contributed by atoms with van der Waals surface area (Å²) in [6, 6.07) is 1.86. The Morgan fingerprint density at radius 3 is 2.50 bits per heavy atom. The Kier molecular flexibility index (Phi) is 12.4. The minimum Gasteiger partial charge on any atom is -0.378 e. The summed E-state index contributed by atoms with van der Waals surface area (Å²) >= 11 is 0. The summed E-state index contributed by atoms with van der Waals surface area (Å²) in [4.78, 5) is 18.2. The van der Waals surface area contributed by atoms with E-state index in [2.05, 4.69) is 32.0 Å². The molecule has 0 unspecified atom stereocenters. The number of rotatable bonds is 9. The molecule has 1 aromatic heterocycles. The number of hydrogen-bond acceptors (Lipinski definition) is 5. The van der Waals surface area contributed by atoms with Gasteiger partial charge in [0.2, 0.25) is 5.95 Å². The van der Waals surface area contributed by atoms with Crippen LogP contribution in [0.15, 0.2) is 23.5 Å². The van der Waals surface area contributed by atoms with Gasteiger partial charge in [0.1, 0.15) is 0 Å². The molecule has 1 N–H and O–H groups in total. The third kappa shape index (κ3) is 8.53. The number of unbranched alkanes of at least 4 members (excludes halogenated alkanes) is 2. The lowest BCUT2D eigenvalue weighted by atomic mass is 9.98. The van der Waals surface area contributed by atoms with Crippen molar-refractivity contribution in [3.05, 3.63) is 18.5 Å². The zero-order valence-corrected chi connectivity index (χ0v) is 20.8. The molecule has 0 bridgehead atoms. The highest BCUT2D eigenvalue weighted by Gasteiger charge is 2.21. The topological polar surface area (TPSA) is 65.9 Å². The third-order valence-electron chi connectivity index (χ3n) is 5.72. The van der Waals surface area contributed by atoms with Gasteiger partial charge in [-0.3, -0.25) is 4.99 Å². The highest BCUT2D eigenvalue weighted by Crippen LogP contribution is 2.20. The van der Waals surface area contributed by atoms with Crippen LogP contribution in [-0.2, 0) is 4.74 Å². The van der Waals surface area contributed by atoms with Crippen molar-refractivity contribution in [3.8, 4) is 0 Å². The molecule has 0 radical (unpaired) electrons. The molecule has 1 aliphatic carbocycles. The van der Waals surface area contributed by atoms with E-state index in [4.69, 9.17) is 9.73 Å². The largest absolute Gasteiger partial charge is 0.378 e. The van der Waals surface area contributed by atoms with Gasteiger partial charge in [0, 0.05) is 58.3 Å². The van der Waals surface area contributed by atoms with E-state index >= 15 is 0 Å². The highest BCUT2D eigenvalue weighted by molar-refractivity contribution is 14.0. The second-order valence-electron chi connectivity index (χ2n) is 7.95. The molecule has 2 heterocycles. The Balaban J connectivity index is 0.00000320. The van der Waals surface area contributed by atoms with Crippen molar-refractivity contribution in [1.82, 2.24) is 20.2 Å². The summed E-state index contributed by atoms with van der Waals surface area (Å²) in [5.41, 5.74) is 0. The van der Waals surface area contributed by atoms with Crippen LogP contribution in [0.4, 0.5) is 5.95 Å². The van der Waals surface area contributed by atoms with Crippen LogP contribution in [0, 0.1) is 0 Å². The summed E-state index contributed by atoms with van der Waals surface area (Å²) in [7, 11) is 0. The molecule has 0 atom stereocenters. The molecular weight excluding hydrogens is 491 g/mol. The summed E-state index contributed by atoms with van der Waals surface area (Å²) in [6.45, 7) is 8.56. The number of piperazine rings is 1. The van der Waals surface area contributed by atoms with Crippen LogP contribution in [0.2, 0.25) is 0 Å². The van der Waals surface area contributed by atoms with Crippen LogP contribution in [0.1, 0.15) is 58.3 Å². The molecule has 1 saturated heterocycles. The van der Waals surface area contributed by atoms with Gasteiger partial charge in [-0.25, -0.2) is 9.97 Å². The lowest BCUT2D eigenvalue weighted by Crippen LogP contribution is -2.53. The van der Waals surface area contributed by atoms with Crippen molar-refractivity contribution < 1.29 is 4.74 Å². The van der Waals surface area contributed by atoms with Gasteiger partial charge in [-0.1, -0.05) is 19.3 Å². The first-order valence-corrected chi connectivity index (χ1v) is 11.5. The van der Waals surface area contributed by atoms with Gasteiger partial charge in [-0.2, -0.15) is 0 Å². The molecule has 170 valence electrons. The molecule has 2 aliphatic rings. The molecule has 0 spiro atoms. The smallest absolute Gasteiger partial charge is 0.225 e. The molecular formula is C22H39IN6O. The van der Waals surface area contributed by atoms with E-state index in [1.165, 1.54) is 38.5 Å². The van der Waals surface area contributed by atoms with Crippen LogP contribution in [-0.4, -0.2) is 72.8 Å². The van der Waals surface area contributed by atoms with Gasteiger partial charge in [-0.05, 0) is 45.1 Å². The lowest BCUT2D eigenvalue weighted by Gasteiger charge is -2.36. The Morgan fingerprint density at radius 2 is 1.80 bits per heavy atom. The average Bonchev–Trinajstić information content (AvgIpc) is 2.79. The van der Waals surface area contributed by atoms with Crippen molar-refractivity contribution in [1.29, 1.82) is 0 Å². The molecule has 0 amide bonds. The van der Waals surface area contributed by atoms with E-state index in [-0.39, 0.29) is 24.0 Å². The Morgan fingerprint density at radius 1 is 1.07 bits per heavy atom. The van der Waals surface area contributed by atoms with E-state index in [1.807, 2.05) is 6.07 Å². The van der Waals surface area contributed by atoms with Gasteiger partial charge in [-0.15, -0.1) is 24.0 Å². The SMILES string of the molecule is CCNC(=NCCCCCOC1CCCCC1)N1CCN(c2ncccn2)CC1.I. The van der Waals surface area contributed by atoms with Gasteiger partial charge in [0.15, 0.2) is 5.96 Å². The zero-order chi connectivity index (χ0) is 20.2. The Hall–Kier alpha value is -1.16. The Bertz CT molecular complexity index is 589. The third-order valence-corrected chi connectivity index (χ3v) is 5.72. The van der Waals surface area contributed by atoms with E-state index in [0.717, 1.165) is 70.6 Å². The van der Waals surface area contributed by atoms with E-state index in [0.29, 0.717) is 6.10 Å². The van der Waals surface area contributed by atoms with Crippen LogP contribution in [0.5, 0.6) is 0 Å². The summed E-state index contributed by atoms with van der Waals surface area (Å²) in [5, 5.41) is 3.45. The molecule has 1 saturated carbocycles. The van der Waals surface area contributed by atoms with Crippen LogP contribution in [0.3, 0.4) is 0 Å². The van der Waals surface area contributed by atoms with Gasteiger partial charge in [0.05, 0.1) is 6.10 Å². The van der Waals surface area contributed by atoms with Crippen molar-refractivity contribution in [2.24, 2.45) is 4.99 Å². The molecule has 8 heteroatoms. The predicted molar refractivity (Wildman–Crippen MR) is 134 cm³/mol. The fraction of sp³-hybridized carbons (Fsp3) is 0.773. The highest BCUT2D eigenvalue weighted by atomic mass is 127. The standard InChI is InChI=1S/C22H38N6O.HI/c1-2-23-21(24-12-7-4-8-19-29-20-10-5-3-6-11-20)27-15-17-28(18-16-27)22-25-13-9-14-26-22;/h9,13-14,20H,2-8,10-12,15-19H2,1H3,(H,23,24);1H. The molecule has 2 fully saturated rings. The number of nitrogens with zero attached hydrogens (tertiary/aromatic N) is 5. The zero-order valence-electron chi connectivity index (χ0n) is 18.5. The van der Waals surface area contributed by atoms with Crippen molar-refractivity contribution in [2.75, 3.05) is 50.8 Å². The fourth-order valence-electron chi connectivity index (χ4n) is 4.06. The number of guanidine groups is 1. The summed E-state index contributed by atoms with van der Waals surface area (Å²) in [5.74, 6) is 1.86. The van der Waals surface area contributed by atoms with E-state index in [1.54, 1.807) is 12.4 Å². The first-order chi connectivity index (χ1) is 14.4. The van der Waals surface area contributed by atoms with Crippen molar-refractivity contribution in [2.45, 2.75) is 64.4 Å². The molecule has 0 aromatic carbocycles. The first-order valence-electron chi connectivity index (χ1n) is 11.5. The summed E-state index contributed by atoms with van der Waals surface area (Å²) < 4.78 is 6.02. The predicted octanol–water partition coefficient (Wildman–Crippen LogP) is 3.70. The second-order valence-corrected chi connectivity index (χ2v) is 7.95. The normalized spacial score (nSPS) is 18.2. The number of nitrogens with one attached hydrogen (secondary N) is 1.